The summed E-state index contributed by atoms with van der Waals surface area (Å²) in [7, 11) is 2.13. The van der Waals surface area contributed by atoms with E-state index in [-0.39, 0.29) is 5.41 Å². The van der Waals surface area contributed by atoms with Crippen LogP contribution in [0.1, 0.15) is 19.4 Å². The molecule has 1 aromatic carbocycles. The maximum Gasteiger partial charge on any atom is 0.227 e. The first-order valence-corrected chi connectivity index (χ1v) is 5.49. The second-order valence-electron chi connectivity index (χ2n) is 3.99. The van der Waals surface area contributed by atoms with Crippen LogP contribution >= 0.6 is 22.6 Å². The van der Waals surface area contributed by atoms with Crippen molar-refractivity contribution in [3.05, 3.63) is 29.8 Å². The van der Waals surface area contributed by atoms with Crippen molar-refractivity contribution < 1.29 is 4.58 Å². The van der Waals surface area contributed by atoms with Crippen LogP contribution in [-0.2, 0) is 5.41 Å². The minimum atomic E-state index is 0.186. The largest absolute Gasteiger partial charge is 0.227 e. The molecular weight excluding hydrogens is 273 g/mol. The summed E-state index contributed by atoms with van der Waals surface area (Å²) in [5.74, 6) is 0. The molecule has 0 saturated heterocycles. The number of halogens is 1. The van der Waals surface area contributed by atoms with Gasteiger partial charge in [-0.05, 0) is 13.8 Å². The van der Waals surface area contributed by atoms with E-state index in [1.165, 1.54) is 15.0 Å². The van der Waals surface area contributed by atoms with E-state index in [1.54, 1.807) is 0 Å². The van der Waals surface area contributed by atoms with E-state index < -0.39 is 0 Å². The van der Waals surface area contributed by atoms with Gasteiger partial charge >= 0.3 is 0 Å². The van der Waals surface area contributed by atoms with Gasteiger partial charge in [0.15, 0.2) is 0 Å². The Morgan fingerprint density at radius 2 is 1.85 bits per heavy atom. The lowest BCUT2D eigenvalue weighted by Crippen LogP contribution is -2.22. The van der Waals surface area contributed by atoms with E-state index in [0.717, 1.165) is 0 Å². The normalized spacial score (nSPS) is 19.1. The molecule has 0 bridgehead atoms. The molecule has 1 aliphatic rings. The highest BCUT2D eigenvalue weighted by atomic mass is 127. The zero-order valence-corrected chi connectivity index (χ0v) is 10.3. The molecule has 0 unspecified atom stereocenters. The lowest BCUT2D eigenvalue weighted by molar-refractivity contribution is -0.398. The van der Waals surface area contributed by atoms with Crippen molar-refractivity contribution in [2.45, 2.75) is 19.3 Å². The number of rotatable bonds is 0. The summed E-state index contributed by atoms with van der Waals surface area (Å²) in [6.45, 7) is 4.55. The molecule has 0 fully saturated rings. The van der Waals surface area contributed by atoms with Crippen molar-refractivity contribution in [1.29, 1.82) is 0 Å². The summed E-state index contributed by atoms with van der Waals surface area (Å²) in [5, 5.41) is 0. The van der Waals surface area contributed by atoms with Crippen LogP contribution in [0.15, 0.2) is 24.3 Å². The maximum absolute atomic E-state index is 2.44. The van der Waals surface area contributed by atoms with Crippen LogP contribution in [0.2, 0.25) is 0 Å². The smallest absolute Gasteiger partial charge is 0.193 e. The molecule has 0 amide bonds. The van der Waals surface area contributed by atoms with Gasteiger partial charge in [-0.3, -0.25) is 0 Å². The Labute approximate surface area is 92.6 Å². The predicted octanol–water partition coefficient (Wildman–Crippen LogP) is 3.09. The minimum Gasteiger partial charge on any atom is -0.193 e. The van der Waals surface area contributed by atoms with Crippen LogP contribution in [0.5, 0.6) is 0 Å². The van der Waals surface area contributed by atoms with Crippen molar-refractivity contribution in [1.82, 2.24) is 0 Å². The monoisotopic (exact) mass is 286 g/mol. The van der Waals surface area contributed by atoms with Crippen molar-refractivity contribution in [3.8, 4) is 0 Å². The van der Waals surface area contributed by atoms with Crippen LogP contribution in [0, 0.1) is 0 Å². The molecule has 0 spiro atoms. The first-order valence-electron chi connectivity index (χ1n) is 4.41. The van der Waals surface area contributed by atoms with Crippen molar-refractivity contribution >= 4 is 32.0 Å². The molecule has 0 aliphatic carbocycles. The molecule has 13 heavy (non-hydrogen) atoms. The van der Waals surface area contributed by atoms with Gasteiger partial charge in [0.2, 0.25) is 9.41 Å². The Bertz CT molecular complexity index is 391. The minimum absolute atomic E-state index is 0.186. The Balaban J connectivity index is 2.74. The number of nitrogens with zero attached hydrogens (tertiary/aromatic N) is 1. The fraction of sp³-hybridized carbons (Fsp3) is 0.364. The summed E-state index contributed by atoms with van der Waals surface area (Å²) in [5.41, 5.74) is 2.96. The third-order valence-corrected chi connectivity index (χ3v) is 4.82. The fourth-order valence-corrected chi connectivity index (χ4v) is 2.48. The number of para-hydroxylation sites is 1. The van der Waals surface area contributed by atoms with Gasteiger partial charge in [-0.25, -0.2) is 0 Å². The summed E-state index contributed by atoms with van der Waals surface area (Å²) < 4.78 is 3.67. The van der Waals surface area contributed by atoms with Crippen LogP contribution in [0.3, 0.4) is 0 Å². The average molecular weight is 286 g/mol. The molecule has 0 aromatic heterocycles. The molecular formula is C11H13IN+. The lowest BCUT2D eigenvalue weighted by atomic mass is 9.87. The molecule has 0 atom stereocenters. The Morgan fingerprint density at radius 1 is 1.23 bits per heavy atom. The second-order valence-corrected chi connectivity index (χ2v) is 5.01. The molecule has 68 valence electrons. The van der Waals surface area contributed by atoms with E-state index in [2.05, 4.69) is 72.3 Å². The van der Waals surface area contributed by atoms with Gasteiger partial charge in [0.1, 0.15) is 7.05 Å². The number of fused-ring (bicyclic) bond motifs is 1. The number of benzene rings is 1. The SMILES string of the molecule is C[N+]1=C(I)C(C)(C)c2ccccc21. The highest BCUT2D eigenvalue weighted by Crippen LogP contribution is 2.40. The molecule has 1 heterocycles. The lowest BCUT2D eigenvalue weighted by Gasteiger charge is -2.12. The van der Waals surface area contributed by atoms with E-state index >= 15 is 0 Å². The van der Waals surface area contributed by atoms with Gasteiger partial charge in [-0.2, -0.15) is 4.58 Å². The van der Waals surface area contributed by atoms with Gasteiger partial charge in [-0.1, -0.05) is 18.2 Å². The van der Waals surface area contributed by atoms with Gasteiger partial charge < -0.3 is 0 Å². The summed E-state index contributed by atoms with van der Waals surface area (Å²) in [6, 6.07) is 8.62. The van der Waals surface area contributed by atoms with Crippen molar-refractivity contribution in [2.75, 3.05) is 7.05 Å². The molecule has 1 nitrogen and oxygen atoms in total. The summed E-state index contributed by atoms with van der Waals surface area (Å²) in [6.07, 6.45) is 0. The Hall–Kier alpha value is -0.380. The molecule has 0 radical (unpaired) electrons. The van der Waals surface area contributed by atoms with Gasteiger partial charge in [0.05, 0.1) is 5.41 Å². The highest BCUT2D eigenvalue weighted by molar-refractivity contribution is 14.1. The molecule has 1 aliphatic heterocycles. The highest BCUT2D eigenvalue weighted by Gasteiger charge is 2.42. The summed E-state index contributed by atoms with van der Waals surface area (Å²) in [4.78, 5) is 0. The van der Waals surface area contributed by atoms with Crippen molar-refractivity contribution in [3.63, 3.8) is 0 Å². The zero-order chi connectivity index (χ0) is 9.64. The Kier molecular flexibility index (Phi) is 1.98. The van der Waals surface area contributed by atoms with Crippen LogP contribution in [0.4, 0.5) is 5.69 Å². The third kappa shape index (κ3) is 1.15. The average Bonchev–Trinajstić information content (AvgIpc) is 2.30. The van der Waals surface area contributed by atoms with Crippen LogP contribution < -0.4 is 0 Å². The van der Waals surface area contributed by atoms with Crippen LogP contribution in [0.25, 0.3) is 0 Å². The quantitative estimate of drug-likeness (QED) is 0.509. The fourth-order valence-electron chi connectivity index (χ4n) is 1.93. The van der Waals surface area contributed by atoms with Gasteiger partial charge in [0.25, 0.3) is 0 Å². The third-order valence-electron chi connectivity index (χ3n) is 2.75. The van der Waals surface area contributed by atoms with E-state index in [4.69, 9.17) is 0 Å². The molecule has 0 N–H and O–H groups in total. The molecule has 0 saturated carbocycles. The zero-order valence-electron chi connectivity index (χ0n) is 8.13. The molecule has 1 aromatic rings. The van der Waals surface area contributed by atoms with E-state index in [9.17, 15) is 0 Å². The van der Waals surface area contributed by atoms with Gasteiger partial charge in [0, 0.05) is 34.2 Å². The first-order chi connectivity index (χ1) is 6.05. The van der Waals surface area contributed by atoms with Crippen LogP contribution in [-0.4, -0.2) is 15.3 Å². The second kappa shape index (κ2) is 2.80. The first kappa shape index (κ1) is 9.19. The Morgan fingerprint density at radius 3 is 2.46 bits per heavy atom. The summed E-state index contributed by atoms with van der Waals surface area (Å²) >= 11 is 2.44. The number of hydrogen-bond acceptors (Lipinski definition) is 0. The molecule has 2 heteroatoms. The van der Waals surface area contributed by atoms with E-state index in [0.29, 0.717) is 0 Å². The number of hydrogen-bond donors (Lipinski definition) is 0. The van der Waals surface area contributed by atoms with E-state index in [1.807, 2.05) is 0 Å². The maximum atomic E-state index is 2.44. The van der Waals surface area contributed by atoms with Crippen molar-refractivity contribution in [2.24, 2.45) is 0 Å². The van der Waals surface area contributed by atoms with Gasteiger partial charge in [-0.15, -0.1) is 0 Å². The molecule has 2 rings (SSSR count). The topological polar surface area (TPSA) is 3.01 Å². The predicted molar refractivity (Wildman–Crippen MR) is 64.3 cm³/mol. The standard InChI is InChI=1S/C11H13IN/c1-11(2)8-6-4-5-7-9(8)13(3)10(11)12/h4-7H,1-3H3/q+1.